The quantitative estimate of drug-likeness (QED) is 0.407. The van der Waals surface area contributed by atoms with Gasteiger partial charge in [-0.15, -0.1) is 0 Å². The van der Waals surface area contributed by atoms with Gasteiger partial charge in [-0.25, -0.2) is 4.79 Å². The number of nitrogens with one attached hydrogen (secondary N) is 1. The Hall–Kier alpha value is -1.81. The molecule has 0 saturated heterocycles. The summed E-state index contributed by atoms with van der Waals surface area (Å²) in [5, 5.41) is 0. The standard InChI is InChI=1S/C19H29NO3/c1-6-23-19(21)18-12-17(16(5)20-18)13-22-11-10-15(4)9-7-8-14(2)3/h8,10,12,20H,6-7,9,11,13H2,1-5H3/b15-10+. The normalized spacial score (nSPS) is 11.4. The van der Waals surface area contributed by atoms with E-state index < -0.39 is 0 Å². The number of carbonyl (C=O) groups excluding carboxylic acids is 1. The van der Waals surface area contributed by atoms with Crippen molar-refractivity contribution in [3.8, 4) is 0 Å². The zero-order valence-corrected chi connectivity index (χ0v) is 15.0. The van der Waals surface area contributed by atoms with Gasteiger partial charge in [-0.2, -0.15) is 0 Å². The van der Waals surface area contributed by atoms with Crippen LogP contribution < -0.4 is 0 Å². The molecule has 0 fully saturated rings. The number of hydrogen-bond acceptors (Lipinski definition) is 3. The van der Waals surface area contributed by atoms with Gasteiger partial charge in [-0.05, 0) is 59.1 Å². The second-order valence-corrected chi connectivity index (χ2v) is 5.94. The van der Waals surface area contributed by atoms with E-state index in [1.807, 2.05) is 6.92 Å². The average molecular weight is 319 g/mol. The highest BCUT2D eigenvalue weighted by Gasteiger charge is 2.12. The molecule has 4 nitrogen and oxygen atoms in total. The Kier molecular flexibility index (Phi) is 8.41. The van der Waals surface area contributed by atoms with E-state index in [1.54, 1.807) is 13.0 Å². The van der Waals surface area contributed by atoms with Crippen molar-refractivity contribution in [3.63, 3.8) is 0 Å². The maximum Gasteiger partial charge on any atom is 0.354 e. The molecule has 1 aromatic heterocycles. The number of ether oxygens (including phenoxy) is 2. The summed E-state index contributed by atoms with van der Waals surface area (Å²) >= 11 is 0. The van der Waals surface area contributed by atoms with Gasteiger partial charge in [0.15, 0.2) is 0 Å². The van der Waals surface area contributed by atoms with Crippen LogP contribution in [0.3, 0.4) is 0 Å². The second-order valence-electron chi connectivity index (χ2n) is 5.94. The summed E-state index contributed by atoms with van der Waals surface area (Å²) in [5.41, 5.74) is 5.10. The molecule has 1 rings (SSSR count). The van der Waals surface area contributed by atoms with Gasteiger partial charge in [0.25, 0.3) is 0 Å². The second kappa shape index (κ2) is 10.1. The predicted octanol–water partition coefficient (Wildman–Crippen LogP) is 4.71. The van der Waals surface area contributed by atoms with Gasteiger partial charge in [0.1, 0.15) is 5.69 Å². The summed E-state index contributed by atoms with van der Waals surface area (Å²) in [4.78, 5) is 14.7. The topological polar surface area (TPSA) is 51.3 Å². The van der Waals surface area contributed by atoms with Gasteiger partial charge in [0, 0.05) is 5.69 Å². The Bertz CT molecular complexity index is 563. The fourth-order valence-electron chi connectivity index (χ4n) is 2.13. The lowest BCUT2D eigenvalue weighted by atomic mass is 10.1. The fraction of sp³-hybridized carbons (Fsp3) is 0.526. The summed E-state index contributed by atoms with van der Waals surface area (Å²) < 4.78 is 10.7. The molecular formula is C19H29NO3. The Morgan fingerprint density at radius 2 is 2.00 bits per heavy atom. The van der Waals surface area contributed by atoms with Crippen molar-refractivity contribution < 1.29 is 14.3 Å². The van der Waals surface area contributed by atoms with Crippen molar-refractivity contribution in [1.29, 1.82) is 0 Å². The van der Waals surface area contributed by atoms with Crippen LogP contribution in [0.1, 0.15) is 62.3 Å². The summed E-state index contributed by atoms with van der Waals surface area (Å²) in [6, 6.07) is 1.80. The van der Waals surface area contributed by atoms with Crippen LogP contribution in [0, 0.1) is 6.92 Å². The van der Waals surface area contributed by atoms with Crippen LogP contribution >= 0.6 is 0 Å². The Morgan fingerprint density at radius 3 is 2.65 bits per heavy atom. The molecule has 0 aromatic carbocycles. The van der Waals surface area contributed by atoms with Crippen LogP contribution in [0.4, 0.5) is 0 Å². The monoisotopic (exact) mass is 319 g/mol. The minimum atomic E-state index is -0.322. The molecule has 0 bridgehead atoms. The van der Waals surface area contributed by atoms with Crippen molar-refractivity contribution in [3.05, 3.63) is 46.3 Å². The number of hydrogen-bond donors (Lipinski definition) is 1. The third-order valence-electron chi connectivity index (χ3n) is 3.52. The van der Waals surface area contributed by atoms with Crippen molar-refractivity contribution in [2.24, 2.45) is 0 Å². The van der Waals surface area contributed by atoms with Gasteiger partial charge in [-0.1, -0.05) is 23.3 Å². The lowest BCUT2D eigenvalue weighted by Crippen LogP contribution is -2.04. The van der Waals surface area contributed by atoms with Crippen molar-refractivity contribution in [2.45, 2.75) is 54.1 Å². The summed E-state index contributed by atoms with van der Waals surface area (Å²) in [6.07, 6.45) is 6.50. The molecule has 0 aliphatic heterocycles. The van der Waals surface area contributed by atoms with Crippen LogP contribution in [0.25, 0.3) is 0 Å². The maximum atomic E-state index is 11.7. The van der Waals surface area contributed by atoms with Crippen LogP contribution in [-0.2, 0) is 16.1 Å². The van der Waals surface area contributed by atoms with Crippen LogP contribution in [-0.4, -0.2) is 24.2 Å². The molecule has 128 valence electrons. The Balaban J connectivity index is 2.41. The van der Waals surface area contributed by atoms with Gasteiger partial charge in [0.05, 0.1) is 19.8 Å². The molecule has 1 aromatic rings. The Morgan fingerprint density at radius 1 is 1.26 bits per heavy atom. The van der Waals surface area contributed by atoms with E-state index in [2.05, 4.69) is 37.9 Å². The summed E-state index contributed by atoms with van der Waals surface area (Å²) in [5.74, 6) is -0.322. The summed E-state index contributed by atoms with van der Waals surface area (Å²) in [6.45, 7) is 11.5. The molecule has 4 heteroatoms. The van der Waals surface area contributed by atoms with Crippen LogP contribution in [0.5, 0.6) is 0 Å². The van der Waals surface area contributed by atoms with E-state index >= 15 is 0 Å². The van der Waals surface area contributed by atoms with Gasteiger partial charge < -0.3 is 14.5 Å². The third kappa shape index (κ3) is 7.33. The van der Waals surface area contributed by atoms with E-state index in [0.29, 0.717) is 25.5 Å². The van der Waals surface area contributed by atoms with Crippen molar-refractivity contribution in [1.82, 2.24) is 4.98 Å². The molecular weight excluding hydrogens is 290 g/mol. The van der Waals surface area contributed by atoms with E-state index in [0.717, 1.165) is 24.1 Å². The Labute approximate surface area is 139 Å². The first-order valence-corrected chi connectivity index (χ1v) is 8.16. The molecule has 0 aliphatic carbocycles. The predicted molar refractivity (Wildman–Crippen MR) is 93.6 cm³/mol. The first-order valence-electron chi connectivity index (χ1n) is 8.16. The van der Waals surface area contributed by atoms with Gasteiger partial charge in [-0.3, -0.25) is 0 Å². The highest BCUT2D eigenvalue weighted by molar-refractivity contribution is 5.87. The highest BCUT2D eigenvalue weighted by atomic mass is 16.5. The van der Waals surface area contributed by atoms with E-state index in [9.17, 15) is 4.79 Å². The SMILES string of the molecule is CCOC(=O)c1cc(COC/C=C(\C)CCC=C(C)C)c(C)[nH]1. The average Bonchev–Trinajstić information content (AvgIpc) is 2.85. The zero-order valence-electron chi connectivity index (χ0n) is 15.0. The smallest absolute Gasteiger partial charge is 0.354 e. The largest absolute Gasteiger partial charge is 0.461 e. The molecule has 0 radical (unpaired) electrons. The molecule has 23 heavy (non-hydrogen) atoms. The third-order valence-corrected chi connectivity index (χ3v) is 3.52. The zero-order chi connectivity index (χ0) is 17.2. The lowest BCUT2D eigenvalue weighted by molar-refractivity contribution is 0.0520. The van der Waals surface area contributed by atoms with Gasteiger partial charge >= 0.3 is 5.97 Å². The van der Waals surface area contributed by atoms with E-state index in [4.69, 9.17) is 9.47 Å². The fourth-order valence-corrected chi connectivity index (χ4v) is 2.13. The van der Waals surface area contributed by atoms with Crippen LogP contribution in [0.2, 0.25) is 0 Å². The maximum absolute atomic E-state index is 11.7. The molecule has 0 saturated carbocycles. The molecule has 1 heterocycles. The lowest BCUT2D eigenvalue weighted by Gasteiger charge is -2.02. The minimum absolute atomic E-state index is 0.322. The molecule has 0 spiro atoms. The highest BCUT2D eigenvalue weighted by Crippen LogP contribution is 2.13. The molecule has 0 atom stereocenters. The number of aromatic nitrogens is 1. The van der Waals surface area contributed by atoms with Gasteiger partial charge in [0.2, 0.25) is 0 Å². The van der Waals surface area contributed by atoms with Crippen molar-refractivity contribution in [2.75, 3.05) is 13.2 Å². The molecule has 0 amide bonds. The summed E-state index contributed by atoms with van der Waals surface area (Å²) in [7, 11) is 0. The molecule has 1 N–H and O–H groups in total. The molecule has 0 aliphatic rings. The van der Waals surface area contributed by atoms with E-state index in [-0.39, 0.29) is 5.97 Å². The van der Waals surface area contributed by atoms with E-state index in [1.165, 1.54) is 11.1 Å². The molecule has 0 unspecified atom stereocenters. The number of carbonyl (C=O) groups is 1. The number of aromatic amines is 1. The minimum Gasteiger partial charge on any atom is -0.461 e. The first kappa shape index (κ1) is 19.2. The number of rotatable bonds is 9. The first-order chi connectivity index (χ1) is 10.9. The number of allylic oxidation sites excluding steroid dienone is 3. The van der Waals surface area contributed by atoms with Crippen molar-refractivity contribution >= 4 is 5.97 Å². The number of H-pyrrole nitrogens is 1. The number of esters is 1. The van der Waals surface area contributed by atoms with Crippen LogP contribution in [0.15, 0.2) is 29.4 Å². The number of aryl methyl sites for hydroxylation is 1.